The van der Waals surface area contributed by atoms with Crippen LogP contribution in [0.1, 0.15) is 66.4 Å². The van der Waals surface area contributed by atoms with Gasteiger partial charge in [-0.3, -0.25) is 4.79 Å². The Hall–Kier alpha value is -1.84. The Morgan fingerprint density at radius 2 is 2.04 bits per heavy atom. The van der Waals surface area contributed by atoms with Crippen LogP contribution in [0.15, 0.2) is 12.1 Å². The van der Waals surface area contributed by atoms with Gasteiger partial charge in [0, 0.05) is 11.8 Å². The molecule has 4 rings (SSSR count). The molecule has 4 atom stereocenters. The van der Waals surface area contributed by atoms with E-state index in [1.807, 2.05) is 12.1 Å². The van der Waals surface area contributed by atoms with E-state index < -0.39 is 5.97 Å². The molecule has 0 aromatic heterocycles. The highest BCUT2D eigenvalue weighted by molar-refractivity contribution is 5.91. The molecule has 1 N–H and O–H groups in total. The van der Waals surface area contributed by atoms with Gasteiger partial charge in [0.15, 0.2) is 0 Å². The summed E-state index contributed by atoms with van der Waals surface area (Å²) in [6, 6.07) is 3.76. The van der Waals surface area contributed by atoms with Crippen molar-refractivity contribution in [2.45, 2.75) is 51.4 Å². The predicted molar refractivity (Wildman–Crippen MR) is 89.6 cm³/mol. The van der Waals surface area contributed by atoms with Crippen LogP contribution in [0, 0.1) is 17.3 Å². The molecule has 2 saturated carbocycles. The molecule has 0 amide bonds. The fraction of sp³-hybridized carbons (Fsp3) is 0.600. The van der Waals surface area contributed by atoms with Gasteiger partial charge in [0.1, 0.15) is 17.1 Å². The van der Waals surface area contributed by atoms with Crippen molar-refractivity contribution >= 4 is 11.8 Å². The molecule has 1 aromatic rings. The molecule has 0 heterocycles. The molecule has 4 nitrogen and oxygen atoms in total. The van der Waals surface area contributed by atoms with Crippen molar-refractivity contribution in [3.8, 4) is 5.75 Å². The maximum atomic E-state index is 12.4. The molecular weight excluding hydrogens is 304 g/mol. The number of hydrogen-bond acceptors (Lipinski definition) is 3. The van der Waals surface area contributed by atoms with Gasteiger partial charge in [-0.2, -0.15) is 0 Å². The standard InChI is InChI=1S/C20H24O4/c1-20-8-7-12-13(16(20)5-6-18(20)21)4-3-11-9-17(24-2)15(19(22)23)10-14(11)12/h9-10,12-13,16H,3-8H2,1-2H3,(H,22,23)/t12-,13+,16-,20-/m0/s1. The zero-order valence-corrected chi connectivity index (χ0v) is 14.3. The lowest BCUT2D eigenvalue weighted by Gasteiger charge is -2.48. The quantitative estimate of drug-likeness (QED) is 0.896. The van der Waals surface area contributed by atoms with Crippen molar-refractivity contribution in [1.29, 1.82) is 0 Å². The number of hydrogen-bond donors (Lipinski definition) is 1. The lowest BCUT2D eigenvalue weighted by Crippen LogP contribution is -2.42. The van der Waals surface area contributed by atoms with Gasteiger partial charge in [-0.05, 0) is 73.1 Å². The Balaban J connectivity index is 1.76. The number of rotatable bonds is 2. The summed E-state index contributed by atoms with van der Waals surface area (Å²) in [5.41, 5.74) is 2.53. The van der Waals surface area contributed by atoms with Crippen molar-refractivity contribution in [3.05, 3.63) is 28.8 Å². The van der Waals surface area contributed by atoms with Gasteiger partial charge in [0.25, 0.3) is 0 Å². The van der Waals surface area contributed by atoms with E-state index in [1.165, 1.54) is 18.2 Å². The van der Waals surface area contributed by atoms with E-state index in [1.54, 1.807) is 0 Å². The number of aryl methyl sites for hydroxylation is 1. The number of fused-ring (bicyclic) bond motifs is 5. The number of carbonyl (C=O) groups is 2. The first-order chi connectivity index (χ1) is 11.5. The molecular formula is C20H24O4. The Bertz CT molecular complexity index is 723. The smallest absolute Gasteiger partial charge is 0.339 e. The molecule has 0 aliphatic heterocycles. The summed E-state index contributed by atoms with van der Waals surface area (Å²) in [7, 11) is 1.52. The average molecular weight is 328 g/mol. The SMILES string of the molecule is COc1cc2c(cc1C(=O)O)[C@H]1CC[C@]3(C)C(=O)CC[C@H]3[C@@H]1CC2. The lowest BCUT2D eigenvalue weighted by molar-refractivity contribution is -0.129. The van der Waals surface area contributed by atoms with Gasteiger partial charge < -0.3 is 9.84 Å². The summed E-state index contributed by atoms with van der Waals surface area (Å²) in [4.78, 5) is 24.0. The maximum Gasteiger partial charge on any atom is 0.339 e. The molecule has 2 fully saturated rings. The molecule has 3 aliphatic carbocycles. The van der Waals surface area contributed by atoms with Crippen LogP contribution in [0.2, 0.25) is 0 Å². The molecule has 0 saturated heterocycles. The number of carbonyl (C=O) groups excluding carboxylic acids is 1. The number of carboxylic acid groups (broad SMARTS) is 1. The van der Waals surface area contributed by atoms with Crippen LogP contribution in [-0.2, 0) is 11.2 Å². The van der Waals surface area contributed by atoms with Crippen LogP contribution in [0.4, 0.5) is 0 Å². The van der Waals surface area contributed by atoms with Crippen molar-refractivity contribution in [2.24, 2.45) is 17.3 Å². The molecule has 0 unspecified atom stereocenters. The number of carboxylic acids is 1. The normalized spacial score (nSPS) is 34.2. The van der Waals surface area contributed by atoms with Gasteiger partial charge in [0.05, 0.1) is 7.11 Å². The van der Waals surface area contributed by atoms with E-state index in [4.69, 9.17) is 4.74 Å². The van der Waals surface area contributed by atoms with E-state index in [0.29, 0.717) is 29.3 Å². The van der Waals surface area contributed by atoms with Crippen molar-refractivity contribution in [3.63, 3.8) is 0 Å². The number of ketones is 1. The average Bonchev–Trinajstić information content (AvgIpc) is 2.88. The molecule has 4 heteroatoms. The molecule has 0 spiro atoms. The fourth-order valence-corrected chi connectivity index (χ4v) is 5.71. The van der Waals surface area contributed by atoms with E-state index in [9.17, 15) is 14.7 Å². The van der Waals surface area contributed by atoms with E-state index in [2.05, 4.69) is 6.92 Å². The summed E-state index contributed by atoms with van der Waals surface area (Å²) < 4.78 is 5.28. The number of benzene rings is 1. The molecule has 128 valence electrons. The Morgan fingerprint density at radius 1 is 1.25 bits per heavy atom. The van der Waals surface area contributed by atoms with E-state index >= 15 is 0 Å². The number of methoxy groups -OCH3 is 1. The number of ether oxygens (including phenoxy) is 1. The number of aromatic carboxylic acids is 1. The minimum atomic E-state index is -0.937. The van der Waals surface area contributed by atoms with Crippen molar-refractivity contribution in [1.82, 2.24) is 0 Å². The van der Waals surface area contributed by atoms with Crippen LogP contribution in [0.5, 0.6) is 5.75 Å². The van der Waals surface area contributed by atoms with Gasteiger partial charge in [-0.15, -0.1) is 0 Å². The molecule has 3 aliphatic rings. The summed E-state index contributed by atoms with van der Waals surface area (Å²) in [6.07, 6.45) is 5.70. The monoisotopic (exact) mass is 328 g/mol. The second-order valence-electron chi connectivity index (χ2n) is 7.89. The third-order valence-electron chi connectivity index (χ3n) is 6.98. The zero-order chi connectivity index (χ0) is 17.1. The van der Waals surface area contributed by atoms with E-state index in [0.717, 1.165) is 38.5 Å². The zero-order valence-electron chi connectivity index (χ0n) is 14.3. The highest BCUT2D eigenvalue weighted by Gasteiger charge is 2.54. The first kappa shape index (κ1) is 15.7. The van der Waals surface area contributed by atoms with Gasteiger partial charge in [0.2, 0.25) is 0 Å². The second kappa shape index (κ2) is 5.33. The minimum absolute atomic E-state index is 0.138. The number of Topliss-reactive ketones (excluding diaryl/α,β-unsaturated/α-hetero) is 1. The first-order valence-corrected chi connectivity index (χ1v) is 8.93. The van der Waals surface area contributed by atoms with Crippen LogP contribution >= 0.6 is 0 Å². The first-order valence-electron chi connectivity index (χ1n) is 8.93. The van der Waals surface area contributed by atoms with Crippen molar-refractivity contribution in [2.75, 3.05) is 7.11 Å². The van der Waals surface area contributed by atoms with Crippen LogP contribution in [0.3, 0.4) is 0 Å². The van der Waals surface area contributed by atoms with Gasteiger partial charge in [-0.1, -0.05) is 6.92 Å². The van der Waals surface area contributed by atoms with Gasteiger partial charge >= 0.3 is 5.97 Å². The predicted octanol–water partition coefficient (Wildman–Crippen LogP) is 3.82. The second-order valence-corrected chi connectivity index (χ2v) is 7.89. The van der Waals surface area contributed by atoms with Crippen molar-refractivity contribution < 1.29 is 19.4 Å². The highest BCUT2D eigenvalue weighted by Crippen LogP contribution is 2.59. The largest absolute Gasteiger partial charge is 0.496 e. The fourth-order valence-electron chi connectivity index (χ4n) is 5.71. The molecule has 0 radical (unpaired) electrons. The van der Waals surface area contributed by atoms with Crippen LogP contribution < -0.4 is 4.74 Å². The molecule has 24 heavy (non-hydrogen) atoms. The summed E-state index contributed by atoms with van der Waals surface area (Å²) in [5.74, 6) is 1.33. The van der Waals surface area contributed by atoms with Gasteiger partial charge in [-0.25, -0.2) is 4.79 Å². The lowest BCUT2D eigenvalue weighted by atomic mass is 9.55. The Labute approximate surface area is 142 Å². The maximum absolute atomic E-state index is 12.4. The Morgan fingerprint density at radius 3 is 2.75 bits per heavy atom. The molecule has 1 aromatic carbocycles. The highest BCUT2D eigenvalue weighted by atomic mass is 16.5. The Kier molecular flexibility index (Phi) is 3.48. The minimum Gasteiger partial charge on any atom is -0.496 e. The summed E-state index contributed by atoms with van der Waals surface area (Å²) in [6.45, 7) is 2.16. The summed E-state index contributed by atoms with van der Waals surface area (Å²) in [5, 5.41) is 9.50. The van der Waals surface area contributed by atoms with Crippen LogP contribution in [0.25, 0.3) is 0 Å². The summed E-state index contributed by atoms with van der Waals surface area (Å²) >= 11 is 0. The topological polar surface area (TPSA) is 63.6 Å². The van der Waals surface area contributed by atoms with Crippen LogP contribution in [-0.4, -0.2) is 24.0 Å². The van der Waals surface area contributed by atoms with E-state index in [-0.39, 0.29) is 11.0 Å². The third-order valence-corrected chi connectivity index (χ3v) is 6.98. The molecule has 0 bridgehead atoms. The third kappa shape index (κ3) is 2.04.